The van der Waals surface area contributed by atoms with Gasteiger partial charge < -0.3 is 4.74 Å². The lowest BCUT2D eigenvalue weighted by atomic mass is 10.2. The predicted molar refractivity (Wildman–Crippen MR) is 80.1 cm³/mol. The number of hydrogen-bond donors (Lipinski definition) is 1. The largest absolute Gasteiger partial charge is 0.449 e. The molecule has 0 radical (unpaired) electrons. The molecular formula is C16H6F6N4O. The maximum absolute atomic E-state index is 13.9. The first-order valence-corrected chi connectivity index (χ1v) is 6.83. The minimum absolute atomic E-state index is 0.0384. The topological polar surface area (TPSA) is 81.2 Å². The van der Waals surface area contributed by atoms with Crippen molar-refractivity contribution < 1.29 is 31.1 Å². The molecule has 0 aliphatic heterocycles. The van der Waals surface area contributed by atoms with E-state index in [4.69, 9.17) is 15.3 Å². The molecule has 2 aromatic carbocycles. The first kappa shape index (κ1) is 19.6. The standard InChI is InChI=1S/C16H6F6N4O/c17-9-1-2-14(13(5-9)26-25-10(6-23)7-24)27-15-11(18)3-8(4-12(15)19)16(20,21)22/h1-5,26H. The van der Waals surface area contributed by atoms with Crippen molar-refractivity contribution in [3.05, 3.63) is 53.3 Å². The van der Waals surface area contributed by atoms with Crippen molar-refractivity contribution in [3.8, 4) is 23.6 Å². The van der Waals surface area contributed by atoms with Gasteiger partial charge in [0.2, 0.25) is 5.71 Å². The Morgan fingerprint density at radius 3 is 2.11 bits per heavy atom. The van der Waals surface area contributed by atoms with Crippen LogP contribution in [0.4, 0.5) is 32.0 Å². The molecule has 0 atom stereocenters. The van der Waals surface area contributed by atoms with Crippen LogP contribution in [-0.4, -0.2) is 5.71 Å². The summed E-state index contributed by atoms with van der Waals surface area (Å²) in [6, 6.07) is 5.43. The van der Waals surface area contributed by atoms with Crippen LogP contribution in [0.25, 0.3) is 0 Å². The fourth-order valence-electron chi connectivity index (χ4n) is 1.80. The molecule has 5 nitrogen and oxygen atoms in total. The highest BCUT2D eigenvalue weighted by Gasteiger charge is 2.33. The summed E-state index contributed by atoms with van der Waals surface area (Å²) in [5.41, 5.74) is -0.430. The first-order chi connectivity index (χ1) is 12.7. The molecular weight excluding hydrogens is 378 g/mol. The average Bonchev–Trinajstić information content (AvgIpc) is 2.59. The average molecular weight is 384 g/mol. The molecule has 27 heavy (non-hydrogen) atoms. The van der Waals surface area contributed by atoms with E-state index in [1.54, 1.807) is 0 Å². The number of benzene rings is 2. The molecule has 0 amide bonds. The summed E-state index contributed by atoms with van der Waals surface area (Å²) in [6.45, 7) is 0. The fourth-order valence-corrected chi connectivity index (χ4v) is 1.80. The molecule has 1 N–H and O–H groups in total. The zero-order valence-corrected chi connectivity index (χ0v) is 12.9. The zero-order valence-electron chi connectivity index (χ0n) is 12.9. The Hall–Kier alpha value is -3.73. The van der Waals surface area contributed by atoms with E-state index < -0.39 is 46.4 Å². The van der Waals surface area contributed by atoms with E-state index in [1.807, 2.05) is 0 Å². The fraction of sp³-hybridized carbons (Fsp3) is 0.0625. The van der Waals surface area contributed by atoms with Crippen LogP contribution in [0.2, 0.25) is 0 Å². The Morgan fingerprint density at radius 1 is 1.00 bits per heavy atom. The third-order valence-electron chi connectivity index (χ3n) is 2.98. The molecule has 0 aliphatic rings. The summed E-state index contributed by atoms with van der Waals surface area (Å²) in [7, 11) is 0. The van der Waals surface area contributed by atoms with E-state index in [9.17, 15) is 26.3 Å². The van der Waals surface area contributed by atoms with Gasteiger partial charge >= 0.3 is 6.18 Å². The van der Waals surface area contributed by atoms with Crippen LogP contribution in [0, 0.1) is 40.1 Å². The monoisotopic (exact) mass is 384 g/mol. The first-order valence-electron chi connectivity index (χ1n) is 6.83. The Labute approximate surface area is 147 Å². The Balaban J connectivity index is 2.43. The number of rotatable bonds is 4. The highest BCUT2D eigenvalue weighted by Crippen LogP contribution is 2.37. The number of nitrogens with zero attached hydrogens (tertiary/aromatic N) is 3. The summed E-state index contributed by atoms with van der Waals surface area (Å²) >= 11 is 0. The SMILES string of the molecule is N#CC(C#N)=NNc1cc(F)ccc1Oc1c(F)cc(C(F)(F)F)cc1F. The van der Waals surface area contributed by atoms with Gasteiger partial charge in [0.05, 0.1) is 5.56 Å². The van der Waals surface area contributed by atoms with Gasteiger partial charge in [-0.15, -0.1) is 0 Å². The van der Waals surface area contributed by atoms with Gasteiger partial charge in [0.25, 0.3) is 0 Å². The lowest BCUT2D eigenvalue weighted by Crippen LogP contribution is -2.07. The predicted octanol–water partition coefficient (Wildman–Crippen LogP) is 4.73. The van der Waals surface area contributed by atoms with Crippen LogP contribution in [0.15, 0.2) is 35.4 Å². The molecule has 0 aliphatic carbocycles. The molecule has 0 heterocycles. The number of halogens is 6. The van der Waals surface area contributed by atoms with Gasteiger partial charge in [0.15, 0.2) is 23.1 Å². The van der Waals surface area contributed by atoms with Crippen LogP contribution >= 0.6 is 0 Å². The van der Waals surface area contributed by atoms with Crippen LogP contribution in [0.5, 0.6) is 11.5 Å². The van der Waals surface area contributed by atoms with Gasteiger partial charge in [-0.1, -0.05) is 0 Å². The summed E-state index contributed by atoms with van der Waals surface area (Å²) < 4.78 is 83.8. The molecule has 0 fully saturated rings. The highest BCUT2D eigenvalue weighted by molar-refractivity contribution is 6.10. The van der Waals surface area contributed by atoms with E-state index in [0.29, 0.717) is 0 Å². The Kier molecular flexibility index (Phi) is 5.56. The third kappa shape index (κ3) is 4.67. The molecule has 0 spiro atoms. The van der Waals surface area contributed by atoms with Crippen molar-refractivity contribution in [3.63, 3.8) is 0 Å². The second-order valence-electron chi connectivity index (χ2n) is 4.81. The normalized spacial score (nSPS) is 10.5. The minimum Gasteiger partial charge on any atom is -0.449 e. The highest BCUT2D eigenvalue weighted by atomic mass is 19.4. The molecule has 2 aromatic rings. The van der Waals surface area contributed by atoms with Crippen LogP contribution in [0.3, 0.4) is 0 Å². The summed E-state index contributed by atoms with van der Waals surface area (Å²) in [6.07, 6.45) is -4.97. The van der Waals surface area contributed by atoms with Crippen molar-refractivity contribution in [2.24, 2.45) is 5.10 Å². The number of hydrazone groups is 1. The number of alkyl halides is 3. The third-order valence-corrected chi connectivity index (χ3v) is 2.98. The Morgan fingerprint density at radius 2 is 1.59 bits per heavy atom. The molecule has 0 saturated carbocycles. The van der Waals surface area contributed by atoms with Crippen molar-refractivity contribution in [1.29, 1.82) is 10.5 Å². The molecule has 0 bridgehead atoms. The second-order valence-corrected chi connectivity index (χ2v) is 4.81. The van der Waals surface area contributed by atoms with Crippen LogP contribution in [-0.2, 0) is 6.18 Å². The molecule has 0 unspecified atom stereocenters. The summed E-state index contributed by atoms with van der Waals surface area (Å²) in [5.74, 6) is -5.70. The minimum atomic E-state index is -4.97. The van der Waals surface area contributed by atoms with E-state index in [2.05, 4.69) is 10.5 Å². The summed E-state index contributed by atoms with van der Waals surface area (Å²) in [5, 5.41) is 20.5. The molecule has 138 valence electrons. The number of hydrogen-bond acceptors (Lipinski definition) is 5. The number of nitriles is 2. The maximum atomic E-state index is 13.9. The van der Waals surface area contributed by atoms with Crippen LogP contribution < -0.4 is 10.2 Å². The van der Waals surface area contributed by atoms with Crippen molar-refractivity contribution >= 4 is 11.4 Å². The van der Waals surface area contributed by atoms with Gasteiger partial charge in [-0.25, -0.2) is 13.2 Å². The molecule has 0 saturated heterocycles. The van der Waals surface area contributed by atoms with Gasteiger partial charge in [-0.2, -0.15) is 28.8 Å². The van der Waals surface area contributed by atoms with Gasteiger partial charge in [0.1, 0.15) is 23.6 Å². The van der Waals surface area contributed by atoms with E-state index in [1.165, 1.54) is 12.1 Å². The quantitative estimate of drug-likeness (QED) is 0.469. The van der Waals surface area contributed by atoms with E-state index in [-0.39, 0.29) is 17.8 Å². The summed E-state index contributed by atoms with van der Waals surface area (Å²) in [4.78, 5) is 0. The van der Waals surface area contributed by atoms with E-state index >= 15 is 0 Å². The number of nitrogens with one attached hydrogen (secondary N) is 1. The lowest BCUT2D eigenvalue weighted by molar-refractivity contribution is -0.138. The number of ether oxygens (including phenoxy) is 1. The number of anilines is 1. The molecule has 2 rings (SSSR count). The van der Waals surface area contributed by atoms with Gasteiger partial charge in [0, 0.05) is 6.07 Å². The zero-order chi connectivity index (χ0) is 20.2. The van der Waals surface area contributed by atoms with Crippen molar-refractivity contribution in [1.82, 2.24) is 0 Å². The lowest BCUT2D eigenvalue weighted by Gasteiger charge is -2.14. The van der Waals surface area contributed by atoms with Crippen molar-refractivity contribution in [2.45, 2.75) is 6.18 Å². The van der Waals surface area contributed by atoms with Crippen molar-refractivity contribution in [2.75, 3.05) is 5.43 Å². The molecule has 11 heteroatoms. The molecule has 0 aromatic heterocycles. The van der Waals surface area contributed by atoms with Gasteiger partial charge in [-0.3, -0.25) is 5.43 Å². The van der Waals surface area contributed by atoms with E-state index in [0.717, 1.165) is 18.2 Å². The smallest absolute Gasteiger partial charge is 0.416 e. The second kappa shape index (κ2) is 7.66. The Bertz CT molecular complexity index is 949. The maximum Gasteiger partial charge on any atom is 0.416 e. The van der Waals surface area contributed by atoms with Gasteiger partial charge in [-0.05, 0) is 24.3 Å². The van der Waals surface area contributed by atoms with Crippen LogP contribution in [0.1, 0.15) is 5.56 Å².